The molecule has 2 N–H and O–H groups in total. The van der Waals surface area contributed by atoms with E-state index in [1.165, 1.54) is 6.07 Å². The summed E-state index contributed by atoms with van der Waals surface area (Å²) in [5, 5.41) is 10.3. The number of ether oxygens (including phenoxy) is 3. The molecule has 0 aromatic heterocycles. The number of morpholine rings is 1. The highest BCUT2D eigenvalue weighted by molar-refractivity contribution is 6.07. The molecule has 0 radical (unpaired) electrons. The van der Waals surface area contributed by atoms with E-state index in [2.05, 4.69) is 0 Å². The SMILES string of the molecule is COC(=O)C1=C(C(=O)OC)N(c2cc(C(F)(F)F)ccc2N2CC(C)OC(C)C2)C(N)=C(C#N)C1c1ccccc1. The van der Waals surface area contributed by atoms with E-state index in [4.69, 9.17) is 19.9 Å². The van der Waals surface area contributed by atoms with Crippen LogP contribution in [0.25, 0.3) is 0 Å². The molecule has 4 rings (SSSR count). The van der Waals surface area contributed by atoms with Gasteiger partial charge in [0, 0.05) is 13.1 Å². The zero-order chi connectivity index (χ0) is 30.1. The number of esters is 2. The van der Waals surface area contributed by atoms with Crippen molar-refractivity contribution in [2.45, 2.75) is 38.1 Å². The number of nitriles is 1. The lowest BCUT2D eigenvalue weighted by Crippen LogP contribution is -2.47. The summed E-state index contributed by atoms with van der Waals surface area (Å²) in [6, 6.07) is 13.4. The van der Waals surface area contributed by atoms with Crippen molar-refractivity contribution in [1.82, 2.24) is 0 Å². The third-order valence-electron chi connectivity index (χ3n) is 6.91. The van der Waals surface area contributed by atoms with Crippen molar-refractivity contribution in [1.29, 1.82) is 5.26 Å². The number of methoxy groups -OCH3 is 2. The van der Waals surface area contributed by atoms with Gasteiger partial charge in [0.25, 0.3) is 0 Å². The van der Waals surface area contributed by atoms with Gasteiger partial charge in [-0.05, 0) is 37.6 Å². The summed E-state index contributed by atoms with van der Waals surface area (Å²) in [6.07, 6.45) is -5.28. The van der Waals surface area contributed by atoms with Crippen LogP contribution in [0.15, 0.2) is 71.2 Å². The number of nitrogens with two attached hydrogens (primary N) is 1. The molecule has 3 atom stereocenters. The Labute approximate surface area is 235 Å². The summed E-state index contributed by atoms with van der Waals surface area (Å²) < 4.78 is 57.9. The molecule has 2 aliphatic rings. The Morgan fingerprint density at radius 2 is 1.61 bits per heavy atom. The number of carbonyl (C=O) groups is 2. The molecule has 9 nitrogen and oxygen atoms in total. The van der Waals surface area contributed by atoms with Gasteiger partial charge in [-0.2, -0.15) is 18.4 Å². The fraction of sp³-hybridized carbons (Fsp3) is 0.345. The molecule has 2 aromatic rings. The molecule has 1 saturated heterocycles. The number of halogens is 3. The first kappa shape index (κ1) is 29.5. The molecule has 216 valence electrons. The van der Waals surface area contributed by atoms with Gasteiger partial charge in [-0.1, -0.05) is 30.3 Å². The largest absolute Gasteiger partial charge is 0.466 e. The number of rotatable bonds is 5. The molecule has 0 spiro atoms. The quantitative estimate of drug-likeness (QED) is 0.528. The second-order valence-corrected chi connectivity index (χ2v) is 9.70. The Hall–Kier alpha value is -4.50. The van der Waals surface area contributed by atoms with Gasteiger partial charge in [-0.15, -0.1) is 0 Å². The fourth-order valence-electron chi connectivity index (χ4n) is 5.28. The van der Waals surface area contributed by atoms with Crippen molar-refractivity contribution >= 4 is 23.3 Å². The van der Waals surface area contributed by atoms with Gasteiger partial charge in [0.1, 0.15) is 11.5 Å². The first-order chi connectivity index (χ1) is 19.4. The average molecular weight is 571 g/mol. The minimum absolute atomic E-state index is 0.156. The molecule has 1 fully saturated rings. The predicted octanol–water partition coefficient (Wildman–Crippen LogP) is 4.22. The molecule has 2 aliphatic heterocycles. The van der Waals surface area contributed by atoms with E-state index < -0.39 is 35.3 Å². The number of benzene rings is 2. The smallest absolute Gasteiger partial charge is 0.416 e. The van der Waals surface area contributed by atoms with E-state index >= 15 is 0 Å². The molecule has 41 heavy (non-hydrogen) atoms. The maximum absolute atomic E-state index is 14.0. The maximum Gasteiger partial charge on any atom is 0.416 e. The second kappa shape index (κ2) is 11.5. The topological polar surface area (TPSA) is 118 Å². The van der Waals surface area contributed by atoms with Crippen LogP contribution in [0.3, 0.4) is 0 Å². The lowest BCUT2D eigenvalue weighted by molar-refractivity contribution is -0.139. The Kier molecular flexibility index (Phi) is 8.30. The van der Waals surface area contributed by atoms with E-state index in [-0.39, 0.29) is 40.5 Å². The molecular weight excluding hydrogens is 541 g/mol. The normalized spacial score (nSPS) is 21.5. The van der Waals surface area contributed by atoms with Gasteiger partial charge in [0.2, 0.25) is 0 Å². The van der Waals surface area contributed by atoms with Crippen LogP contribution in [0, 0.1) is 11.3 Å². The van der Waals surface area contributed by atoms with Gasteiger partial charge in [0.05, 0.1) is 66.5 Å². The van der Waals surface area contributed by atoms with Crippen LogP contribution in [-0.2, 0) is 30.0 Å². The second-order valence-electron chi connectivity index (χ2n) is 9.70. The van der Waals surface area contributed by atoms with Crippen molar-refractivity contribution in [2.24, 2.45) is 5.73 Å². The molecule has 12 heteroatoms. The molecule has 3 unspecified atom stereocenters. The van der Waals surface area contributed by atoms with Crippen molar-refractivity contribution in [3.05, 3.63) is 82.3 Å². The molecule has 0 amide bonds. The van der Waals surface area contributed by atoms with Gasteiger partial charge in [0.15, 0.2) is 0 Å². The standard InChI is InChI=1S/C29H29F3N4O5/c1-16-14-35(15-17(2)41-16)21-11-10-19(29(30,31)32)12-22(21)36-25(28(38)40-4)24(27(37)39-3)23(20(13-33)26(36)34)18-8-6-5-7-9-18/h5-12,16-17,23H,14-15,34H2,1-4H3. The van der Waals surface area contributed by atoms with Crippen LogP contribution in [0.5, 0.6) is 0 Å². The van der Waals surface area contributed by atoms with E-state index in [0.717, 1.165) is 31.3 Å². The molecule has 0 aliphatic carbocycles. The highest BCUT2D eigenvalue weighted by Crippen LogP contribution is 2.47. The lowest BCUT2D eigenvalue weighted by Gasteiger charge is -2.41. The number of hydrogen-bond acceptors (Lipinski definition) is 9. The molecular formula is C29H29F3N4O5. The molecule has 2 heterocycles. The first-order valence-corrected chi connectivity index (χ1v) is 12.7. The van der Waals surface area contributed by atoms with Crippen LogP contribution >= 0.6 is 0 Å². The van der Waals surface area contributed by atoms with E-state index in [0.29, 0.717) is 18.7 Å². The third-order valence-corrected chi connectivity index (χ3v) is 6.91. The summed E-state index contributed by atoms with van der Waals surface area (Å²) in [7, 11) is 2.16. The van der Waals surface area contributed by atoms with Gasteiger partial charge in [-0.25, -0.2) is 9.59 Å². The first-order valence-electron chi connectivity index (χ1n) is 12.7. The Morgan fingerprint density at radius 3 is 2.15 bits per heavy atom. The summed E-state index contributed by atoms with van der Waals surface area (Å²) >= 11 is 0. The summed E-state index contributed by atoms with van der Waals surface area (Å²) in [5.41, 5.74) is 5.17. The van der Waals surface area contributed by atoms with Gasteiger partial charge >= 0.3 is 18.1 Å². The van der Waals surface area contributed by atoms with Crippen molar-refractivity contribution in [3.63, 3.8) is 0 Å². The van der Waals surface area contributed by atoms with Crippen molar-refractivity contribution in [3.8, 4) is 6.07 Å². The summed E-state index contributed by atoms with van der Waals surface area (Å²) in [4.78, 5) is 29.6. The Balaban J connectivity index is 2.10. The molecule has 0 saturated carbocycles. The molecule has 2 aromatic carbocycles. The highest BCUT2D eigenvalue weighted by Gasteiger charge is 2.44. The summed E-state index contributed by atoms with van der Waals surface area (Å²) in [6.45, 7) is 4.29. The highest BCUT2D eigenvalue weighted by atomic mass is 19.4. The minimum atomic E-state index is -4.75. The fourth-order valence-corrected chi connectivity index (χ4v) is 5.28. The summed E-state index contributed by atoms with van der Waals surface area (Å²) in [5.74, 6) is -3.52. The monoisotopic (exact) mass is 570 g/mol. The minimum Gasteiger partial charge on any atom is -0.466 e. The number of anilines is 2. The Bertz CT molecular complexity index is 1440. The molecule has 0 bridgehead atoms. The van der Waals surface area contributed by atoms with Crippen molar-refractivity contribution < 1.29 is 37.0 Å². The zero-order valence-corrected chi connectivity index (χ0v) is 22.9. The van der Waals surface area contributed by atoms with Crippen molar-refractivity contribution in [2.75, 3.05) is 37.1 Å². The lowest BCUT2D eigenvalue weighted by atomic mass is 9.80. The van der Waals surface area contributed by atoms with E-state index in [1.807, 2.05) is 24.8 Å². The van der Waals surface area contributed by atoms with Crippen LogP contribution in [0.4, 0.5) is 24.5 Å². The van der Waals surface area contributed by atoms with Crippen LogP contribution in [0.2, 0.25) is 0 Å². The number of alkyl halides is 3. The number of nitrogens with zero attached hydrogens (tertiary/aromatic N) is 3. The van der Waals surface area contributed by atoms with Gasteiger partial charge < -0.3 is 24.8 Å². The van der Waals surface area contributed by atoms with Gasteiger partial charge in [-0.3, -0.25) is 4.90 Å². The van der Waals surface area contributed by atoms with E-state index in [9.17, 15) is 28.0 Å². The maximum atomic E-state index is 14.0. The predicted molar refractivity (Wildman–Crippen MR) is 143 cm³/mol. The zero-order valence-electron chi connectivity index (χ0n) is 22.9. The third kappa shape index (κ3) is 5.58. The van der Waals surface area contributed by atoms with Crippen LogP contribution < -0.4 is 15.5 Å². The number of allylic oxidation sites excluding steroid dienone is 1. The van der Waals surface area contributed by atoms with Crippen LogP contribution in [0.1, 0.15) is 30.9 Å². The van der Waals surface area contributed by atoms with E-state index in [1.54, 1.807) is 30.3 Å². The van der Waals surface area contributed by atoms with Crippen LogP contribution in [-0.4, -0.2) is 51.5 Å². The Morgan fingerprint density at radius 1 is 1.00 bits per heavy atom. The number of carbonyl (C=O) groups excluding carboxylic acids is 2. The average Bonchev–Trinajstić information content (AvgIpc) is 2.94. The number of hydrogen-bond donors (Lipinski definition) is 1.